The molecular formula is C17H29N3. The van der Waals surface area contributed by atoms with Crippen molar-refractivity contribution in [1.82, 2.24) is 0 Å². The van der Waals surface area contributed by atoms with E-state index in [9.17, 15) is 0 Å². The molecule has 3 N–H and O–H groups in total. The van der Waals surface area contributed by atoms with Crippen LogP contribution in [0.15, 0.2) is 24.3 Å². The molecule has 3 nitrogen and oxygen atoms in total. The van der Waals surface area contributed by atoms with Crippen molar-refractivity contribution in [3.63, 3.8) is 0 Å². The zero-order chi connectivity index (χ0) is 14.8. The Balaban J connectivity index is 2.27. The van der Waals surface area contributed by atoms with Crippen molar-refractivity contribution in [3.8, 4) is 0 Å². The minimum Gasteiger partial charge on any atom is -0.384 e. The van der Waals surface area contributed by atoms with Gasteiger partial charge in [0.25, 0.3) is 0 Å². The van der Waals surface area contributed by atoms with Crippen LogP contribution in [0.5, 0.6) is 0 Å². The van der Waals surface area contributed by atoms with Crippen LogP contribution in [0.4, 0.5) is 5.69 Å². The third kappa shape index (κ3) is 6.09. The average molecular weight is 275 g/mol. The summed E-state index contributed by atoms with van der Waals surface area (Å²) in [6, 6.07) is 7.91. The van der Waals surface area contributed by atoms with Crippen LogP contribution in [-0.4, -0.2) is 19.4 Å². The van der Waals surface area contributed by atoms with Crippen molar-refractivity contribution in [1.29, 1.82) is 5.41 Å². The highest BCUT2D eigenvalue weighted by Crippen LogP contribution is 2.16. The van der Waals surface area contributed by atoms with Crippen LogP contribution >= 0.6 is 0 Å². The van der Waals surface area contributed by atoms with Crippen molar-refractivity contribution in [2.24, 2.45) is 5.73 Å². The van der Waals surface area contributed by atoms with Crippen LogP contribution in [0.1, 0.15) is 57.4 Å². The fourth-order valence-electron chi connectivity index (χ4n) is 2.35. The fourth-order valence-corrected chi connectivity index (χ4v) is 2.35. The molecule has 0 aromatic heterocycles. The van der Waals surface area contributed by atoms with E-state index in [0.29, 0.717) is 0 Å². The number of nitrogens with two attached hydrogens (primary N) is 1. The highest BCUT2D eigenvalue weighted by molar-refractivity contribution is 5.95. The summed E-state index contributed by atoms with van der Waals surface area (Å²) in [5.74, 6) is 0.135. The van der Waals surface area contributed by atoms with E-state index in [2.05, 4.69) is 24.9 Å². The van der Waals surface area contributed by atoms with Crippen LogP contribution in [0.2, 0.25) is 0 Å². The number of hydrogen-bond donors (Lipinski definition) is 2. The Morgan fingerprint density at radius 2 is 1.75 bits per heavy atom. The van der Waals surface area contributed by atoms with E-state index in [0.717, 1.165) is 17.8 Å². The number of amidine groups is 1. The number of anilines is 1. The Morgan fingerprint density at radius 1 is 1.10 bits per heavy atom. The molecule has 20 heavy (non-hydrogen) atoms. The van der Waals surface area contributed by atoms with Gasteiger partial charge in [0, 0.05) is 24.8 Å². The predicted molar refractivity (Wildman–Crippen MR) is 88.7 cm³/mol. The van der Waals surface area contributed by atoms with Gasteiger partial charge in [0.1, 0.15) is 5.84 Å². The fraction of sp³-hybridized carbons (Fsp3) is 0.588. The van der Waals surface area contributed by atoms with Crippen molar-refractivity contribution < 1.29 is 0 Å². The van der Waals surface area contributed by atoms with Gasteiger partial charge in [-0.2, -0.15) is 0 Å². The molecule has 1 rings (SSSR count). The molecule has 0 saturated carbocycles. The van der Waals surface area contributed by atoms with E-state index < -0.39 is 0 Å². The molecule has 1 aromatic carbocycles. The molecule has 1 aromatic rings. The Kier molecular flexibility index (Phi) is 7.78. The first-order chi connectivity index (χ1) is 9.65. The van der Waals surface area contributed by atoms with E-state index >= 15 is 0 Å². The number of nitrogens with one attached hydrogen (secondary N) is 1. The third-order valence-corrected chi connectivity index (χ3v) is 3.70. The summed E-state index contributed by atoms with van der Waals surface area (Å²) in [6.07, 6.45) is 9.33. The molecule has 0 fully saturated rings. The van der Waals surface area contributed by atoms with Crippen LogP contribution < -0.4 is 10.6 Å². The van der Waals surface area contributed by atoms with E-state index in [4.69, 9.17) is 11.1 Å². The largest absolute Gasteiger partial charge is 0.384 e. The number of nitrogen functional groups attached to an aromatic ring is 1. The molecule has 0 heterocycles. The Labute approximate surface area is 123 Å². The van der Waals surface area contributed by atoms with Gasteiger partial charge in [-0.25, -0.2) is 0 Å². The summed E-state index contributed by atoms with van der Waals surface area (Å²) in [5.41, 5.74) is 7.47. The molecule has 0 atom stereocenters. The molecule has 0 amide bonds. The summed E-state index contributed by atoms with van der Waals surface area (Å²) in [4.78, 5) is 2.25. The lowest BCUT2D eigenvalue weighted by atomic mass is 10.1. The van der Waals surface area contributed by atoms with Gasteiger partial charge in [-0.3, -0.25) is 5.41 Å². The number of benzene rings is 1. The number of unbranched alkanes of at least 4 members (excludes halogenated alkanes) is 6. The van der Waals surface area contributed by atoms with Gasteiger partial charge >= 0.3 is 0 Å². The predicted octanol–water partition coefficient (Wildman–Crippen LogP) is 4.16. The first kappa shape index (κ1) is 16.5. The SMILES string of the molecule is CCCCCCCCCN(C)c1cccc(C(=N)N)c1. The standard InChI is InChI=1S/C17H29N3/c1-3-4-5-6-7-8-9-13-20(2)16-12-10-11-15(14-16)17(18)19/h10-12,14H,3-9,13H2,1-2H3,(H3,18,19). The minimum atomic E-state index is 0.135. The first-order valence-corrected chi connectivity index (χ1v) is 7.80. The maximum atomic E-state index is 7.48. The van der Waals surface area contributed by atoms with Crippen LogP contribution in [0.3, 0.4) is 0 Å². The lowest BCUT2D eigenvalue weighted by molar-refractivity contribution is 0.588. The second-order valence-corrected chi connectivity index (χ2v) is 5.51. The van der Waals surface area contributed by atoms with E-state index in [1.165, 1.54) is 44.9 Å². The molecule has 0 saturated heterocycles. The second-order valence-electron chi connectivity index (χ2n) is 5.51. The number of nitrogens with zero attached hydrogens (tertiary/aromatic N) is 1. The Bertz CT molecular complexity index is 401. The first-order valence-electron chi connectivity index (χ1n) is 7.80. The molecule has 0 bridgehead atoms. The summed E-state index contributed by atoms with van der Waals surface area (Å²) >= 11 is 0. The summed E-state index contributed by atoms with van der Waals surface area (Å²) in [5, 5.41) is 7.48. The number of hydrogen-bond acceptors (Lipinski definition) is 2. The van der Waals surface area contributed by atoms with Gasteiger partial charge in [0.2, 0.25) is 0 Å². The summed E-state index contributed by atoms with van der Waals surface area (Å²) < 4.78 is 0. The molecule has 0 aliphatic carbocycles. The maximum Gasteiger partial charge on any atom is 0.122 e. The highest BCUT2D eigenvalue weighted by Gasteiger charge is 2.03. The van der Waals surface area contributed by atoms with Crippen LogP contribution in [0, 0.1) is 5.41 Å². The van der Waals surface area contributed by atoms with Gasteiger partial charge in [-0.05, 0) is 18.6 Å². The Hall–Kier alpha value is -1.51. The molecule has 112 valence electrons. The molecule has 0 spiro atoms. The van der Waals surface area contributed by atoms with Crippen molar-refractivity contribution >= 4 is 11.5 Å². The van der Waals surface area contributed by atoms with Crippen molar-refractivity contribution in [2.45, 2.75) is 51.9 Å². The summed E-state index contributed by atoms with van der Waals surface area (Å²) in [6.45, 7) is 3.32. The smallest absolute Gasteiger partial charge is 0.122 e. The summed E-state index contributed by atoms with van der Waals surface area (Å²) in [7, 11) is 2.11. The highest BCUT2D eigenvalue weighted by atomic mass is 15.1. The normalized spacial score (nSPS) is 10.5. The molecular weight excluding hydrogens is 246 g/mol. The van der Waals surface area contributed by atoms with E-state index in [-0.39, 0.29) is 5.84 Å². The maximum absolute atomic E-state index is 7.48. The quantitative estimate of drug-likeness (QED) is 0.383. The molecule has 0 aliphatic heterocycles. The lowest BCUT2D eigenvalue weighted by Gasteiger charge is -2.19. The monoisotopic (exact) mass is 275 g/mol. The lowest BCUT2D eigenvalue weighted by Crippen LogP contribution is -2.19. The second kappa shape index (κ2) is 9.40. The molecule has 0 radical (unpaired) electrons. The van der Waals surface area contributed by atoms with Gasteiger partial charge in [0.05, 0.1) is 0 Å². The average Bonchev–Trinajstić information content (AvgIpc) is 2.46. The minimum absolute atomic E-state index is 0.135. The van der Waals surface area contributed by atoms with Gasteiger partial charge in [0.15, 0.2) is 0 Å². The van der Waals surface area contributed by atoms with Crippen molar-refractivity contribution in [2.75, 3.05) is 18.5 Å². The van der Waals surface area contributed by atoms with E-state index in [1.807, 2.05) is 18.2 Å². The Morgan fingerprint density at radius 3 is 2.40 bits per heavy atom. The van der Waals surface area contributed by atoms with Gasteiger partial charge < -0.3 is 10.6 Å². The number of rotatable bonds is 10. The topological polar surface area (TPSA) is 53.1 Å². The molecule has 3 heteroatoms. The molecule has 0 aliphatic rings. The third-order valence-electron chi connectivity index (χ3n) is 3.70. The van der Waals surface area contributed by atoms with Crippen LogP contribution in [0.25, 0.3) is 0 Å². The zero-order valence-electron chi connectivity index (χ0n) is 13.0. The van der Waals surface area contributed by atoms with Gasteiger partial charge in [-0.15, -0.1) is 0 Å². The van der Waals surface area contributed by atoms with Crippen LogP contribution in [-0.2, 0) is 0 Å². The zero-order valence-corrected chi connectivity index (χ0v) is 13.0. The van der Waals surface area contributed by atoms with Crippen molar-refractivity contribution in [3.05, 3.63) is 29.8 Å². The van der Waals surface area contributed by atoms with E-state index in [1.54, 1.807) is 0 Å². The van der Waals surface area contributed by atoms with Gasteiger partial charge in [-0.1, -0.05) is 57.6 Å². The molecule has 0 unspecified atom stereocenters.